The van der Waals surface area contributed by atoms with Gasteiger partial charge in [0, 0.05) is 31.3 Å². The van der Waals surface area contributed by atoms with Crippen LogP contribution in [0.2, 0.25) is 5.02 Å². The van der Waals surface area contributed by atoms with E-state index in [1.54, 1.807) is 12.1 Å². The normalized spacial score (nSPS) is 19.7. The molecular formula is C17H27Cl2N3O3. The Bertz CT molecular complexity index is 611. The van der Waals surface area contributed by atoms with Crippen molar-refractivity contribution in [2.24, 2.45) is 11.1 Å². The first kappa shape index (κ1) is 21.8. The van der Waals surface area contributed by atoms with Crippen LogP contribution in [0.5, 0.6) is 11.5 Å². The number of nitrogens with two attached hydrogens (primary N) is 1. The van der Waals surface area contributed by atoms with Crippen LogP contribution in [-0.2, 0) is 4.79 Å². The summed E-state index contributed by atoms with van der Waals surface area (Å²) in [5, 5.41) is 3.30. The number of nitrogens with one attached hydrogen (secondary N) is 1. The van der Waals surface area contributed by atoms with E-state index in [2.05, 4.69) is 24.1 Å². The van der Waals surface area contributed by atoms with E-state index in [4.69, 9.17) is 26.8 Å². The highest BCUT2D eigenvalue weighted by molar-refractivity contribution is 6.32. The summed E-state index contributed by atoms with van der Waals surface area (Å²) in [6.45, 7) is 6.19. The zero-order valence-electron chi connectivity index (χ0n) is 15.1. The van der Waals surface area contributed by atoms with E-state index in [9.17, 15) is 4.79 Å². The maximum atomic E-state index is 12.4. The number of piperidine rings is 1. The Morgan fingerprint density at radius 3 is 2.56 bits per heavy atom. The fourth-order valence-corrected chi connectivity index (χ4v) is 3.20. The molecule has 1 fully saturated rings. The molecule has 0 bridgehead atoms. The molecule has 8 heteroatoms. The number of anilines is 1. The van der Waals surface area contributed by atoms with Crippen molar-refractivity contribution in [2.45, 2.75) is 26.3 Å². The van der Waals surface area contributed by atoms with E-state index in [-0.39, 0.29) is 29.8 Å². The van der Waals surface area contributed by atoms with Crippen LogP contribution in [0.25, 0.3) is 0 Å². The van der Waals surface area contributed by atoms with Crippen molar-refractivity contribution in [3.63, 3.8) is 0 Å². The molecule has 1 atom stereocenters. The maximum absolute atomic E-state index is 12.4. The lowest BCUT2D eigenvalue weighted by Crippen LogP contribution is -2.53. The van der Waals surface area contributed by atoms with Crippen molar-refractivity contribution in [3.8, 4) is 11.5 Å². The number of nitrogens with zero attached hydrogens (tertiary/aromatic N) is 1. The summed E-state index contributed by atoms with van der Waals surface area (Å²) in [7, 11) is 3.06. The molecule has 1 aliphatic rings. The van der Waals surface area contributed by atoms with Gasteiger partial charge in [0.25, 0.3) is 0 Å². The summed E-state index contributed by atoms with van der Waals surface area (Å²) in [6, 6.07) is 3.45. The van der Waals surface area contributed by atoms with Gasteiger partial charge in [-0.25, -0.2) is 0 Å². The Kier molecular flexibility index (Phi) is 7.81. The highest BCUT2D eigenvalue weighted by Crippen LogP contribution is 2.36. The number of carbonyl (C=O) groups is 1. The largest absolute Gasteiger partial charge is 0.495 e. The summed E-state index contributed by atoms with van der Waals surface area (Å²) in [6.07, 6.45) is 0.887. The molecule has 0 saturated carbocycles. The van der Waals surface area contributed by atoms with Gasteiger partial charge in [0.05, 0.1) is 31.5 Å². The molecule has 3 N–H and O–H groups in total. The van der Waals surface area contributed by atoms with E-state index >= 15 is 0 Å². The number of likely N-dealkylation sites (tertiary alicyclic amines) is 1. The minimum Gasteiger partial charge on any atom is -0.495 e. The number of carbonyl (C=O) groups excluding carboxylic acids is 1. The molecular weight excluding hydrogens is 365 g/mol. The predicted molar refractivity (Wildman–Crippen MR) is 103 cm³/mol. The lowest BCUT2D eigenvalue weighted by molar-refractivity contribution is -0.118. The molecule has 0 aliphatic carbocycles. The summed E-state index contributed by atoms with van der Waals surface area (Å²) < 4.78 is 10.5. The first-order valence-corrected chi connectivity index (χ1v) is 8.34. The van der Waals surface area contributed by atoms with Crippen LogP contribution in [0, 0.1) is 5.41 Å². The van der Waals surface area contributed by atoms with Gasteiger partial charge in [-0.1, -0.05) is 25.4 Å². The van der Waals surface area contributed by atoms with E-state index in [1.807, 2.05) is 0 Å². The van der Waals surface area contributed by atoms with Gasteiger partial charge >= 0.3 is 0 Å². The van der Waals surface area contributed by atoms with Crippen LogP contribution < -0.4 is 20.5 Å². The van der Waals surface area contributed by atoms with Crippen molar-refractivity contribution >= 4 is 35.6 Å². The first-order valence-electron chi connectivity index (χ1n) is 7.96. The highest BCUT2D eigenvalue weighted by Gasteiger charge is 2.33. The number of hydrogen-bond acceptors (Lipinski definition) is 5. The average molecular weight is 392 g/mol. The lowest BCUT2D eigenvalue weighted by atomic mass is 9.80. The van der Waals surface area contributed by atoms with E-state index < -0.39 is 0 Å². The topological polar surface area (TPSA) is 76.8 Å². The molecule has 6 nitrogen and oxygen atoms in total. The number of halogens is 2. The van der Waals surface area contributed by atoms with Gasteiger partial charge < -0.3 is 20.5 Å². The van der Waals surface area contributed by atoms with Crippen LogP contribution in [0.3, 0.4) is 0 Å². The Morgan fingerprint density at radius 2 is 2.00 bits per heavy atom. The molecule has 1 aliphatic heterocycles. The fourth-order valence-electron chi connectivity index (χ4n) is 2.97. The maximum Gasteiger partial charge on any atom is 0.238 e. The van der Waals surface area contributed by atoms with Crippen molar-refractivity contribution in [2.75, 3.05) is 39.2 Å². The summed E-state index contributed by atoms with van der Waals surface area (Å²) in [5.74, 6) is 0.872. The van der Waals surface area contributed by atoms with E-state index in [0.29, 0.717) is 28.8 Å². The third-order valence-electron chi connectivity index (χ3n) is 4.51. The number of ether oxygens (including phenoxy) is 2. The minimum absolute atomic E-state index is 0. The SMILES string of the molecule is COc1cc(NC(=O)CN2CCC(N)C(C)(C)C2)c(OC)cc1Cl.Cl. The number of rotatable bonds is 5. The van der Waals surface area contributed by atoms with Crippen LogP contribution in [0.1, 0.15) is 20.3 Å². The summed E-state index contributed by atoms with van der Waals surface area (Å²) >= 11 is 6.08. The third-order valence-corrected chi connectivity index (χ3v) is 4.80. The van der Waals surface area contributed by atoms with Gasteiger partial charge in [0.15, 0.2) is 0 Å². The second-order valence-electron chi connectivity index (χ2n) is 6.83. The average Bonchev–Trinajstić information content (AvgIpc) is 2.51. The molecule has 0 radical (unpaired) electrons. The molecule has 1 aromatic rings. The Balaban J connectivity index is 0.00000312. The Hall–Kier alpha value is -1.21. The van der Waals surface area contributed by atoms with Crippen LogP contribution in [-0.4, -0.2) is 50.7 Å². The van der Waals surface area contributed by atoms with Crippen LogP contribution in [0.4, 0.5) is 5.69 Å². The zero-order chi connectivity index (χ0) is 17.9. The van der Waals surface area contributed by atoms with Crippen molar-refractivity contribution in [1.29, 1.82) is 0 Å². The number of methoxy groups -OCH3 is 2. The standard InChI is InChI=1S/C17H26ClN3O3.ClH/c1-17(2)10-21(6-5-15(17)19)9-16(22)20-12-8-13(23-3)11(18)7-14(12)24-4;/h7-8,15H,5-6,9-10,19H2,1-4H3,(H,20,22);1H. The van der Waals surface area contributed by atoms with Crippen molar-refractivity contribution in [3.05, 3.63) is 17.2 Å². The molecule has 25 heavy (non-hydrogen) atoms. The molecule has 1 unspecified atom stereocenters. The van der Waals surface area contributed by atoms with Crippen molar-refractivity contribution < 1.29 is 14.3 Å². The molecule has 1 saturated heterocycles. The van der Waals surface area contributed by atoms with Gasteiger partial charge in [-0.3, -0.25) is 9.69 Å². The minimum atomic E-state index is -0.107. The molecule has 1 amide bonds. The smallest absolute Gasteiger partial charge is 0.238 e. The lowest BCUT2D eigenvalue weighted by Gasteiger charge is -2.42. The van der Waals surface area contributed by atoms with Crippen molar-refractivity contribution in [1.82, 2.24) is 4.90 Å². The van der Waals surface area contributed by atoms with Gasteiger partial charge in [-0.15, -0.1) is 12.4 Å². The molecule has 1 heterocycles. The second-order valence-corrected chi connectivity index (χ2v) is 7.24. The van der Waals surface area contributed by atoms with Gasteiger partial charge in [0.1, 0.15) is 11.5 Å². The molecule has 2 rings (SSSR count). The first-order chi connectivity index (χ1) is 11.3. The fraction of sp³-hybridized carbons (Fsp3) is 0.588. The van der Waals surface area contributed by atoms with Gasteiger partial charge in [-0.05, 0) is 11.8 Å². The van der Waals surface area contributed by atoms with Crippen LogP contribution in [0.15, 0.2) is 12.1 Å². The highest BCUT2D eigenvalue weighted by atomic mass is 35.5. The summed E-state index contributed by atoms with van der Waals surface area (Å²) in [4.78, 5) is 14.5. The van der Waals surface area contributed by atoms with Crippen LogP contribution >= 0.6 is 24.0 Å². The zero-order valence-corrected chi connectivity index (χ0v) is 16.7. The number of benzene rings is 1. The Labute approximate surface area is 160 Å². The quantitative estimate of drug-likeness (QED) is 0.806. The Morgan fingerprint density at radius 1 is 1.36 bits per heavy atom. The number of amides is 1. The molecule has 142 valence electrons. The molecule has 0 spiro atoms. The number of hydrogen-bond donors (Lipinski definition) is 2. The third kappa shape index (κ3) is 5.38. The molecule has 0 aromatic heterocycles. The predicted octanol–water partition coefficient (Wildman–Crippen LogP) is 2.78. The second kappa shape index (κ2) is 8.94. The van der Waals surface area contributed by atoms with E-state index in [1.165, 1.54) is 14.2 Å². The summed E-state index contributed by atoms with van der Waals surface area (Å²) in [5.41, 5.74) is 6.68. The van der Waals surface area contributed by atoms with Gasteiger partial charge in [-0.2, -0.15) is 0 Å². The monoisotopic (exact) mass is 391 g/mol. The molecule has 1 aromatic carbocycles. The van der Waals surface area contributed by atoms with Gasteiger partial charge in [0.2, 0.25) is 5.91 Å². The van der Waals surface area contributed by atoms with E-state index in [0.717, 1.165) is 19.5 Å².